The van der Waals surface area contributed by atoms with Crippen LogP contribution < -0.4 is 21.3 Å². The van der Waals surface area contributed by atoms with Crippen LogP contribution in [0.25, 0.3) is 0 Å². The SMILES string of the molecule is COC(=O)CNC(=O)[C@@H](CSC[C@H](NC(=O)OC(C)(C)C)C(=O)OC)NC(=O)CC[C@@H](NC(C)=O)C(=O)OC. The lowest BCUT2D eigenvalue weighted by Gasteiger charge is -2.23. The van der Waals surface area contributed by atoms with E-state index in [2.05, 4.69) is 30.7 Å². The van der Waals surface area contributed by atoms with E-state index in [1.54, 1.807) is 20.8 Å². The summed E-state index contributed by atoms with van der Waals surface area (Å²) in [6.07, 6.45) is -1.21. The highest BCUT2D eigenvalue weighted by atomic mass is 32.2. The fourth-order valence-corrected chi connectivity index (χ4v) is 3.84. The van der Waals surface area contributed by atoms with Crippen LogP contribution in [0.5, 0.6) is 0 Å². The van der Waals surface area contributed by atoms with Gasteiger partial charge < -0.3 is 40.2 Å². The molecule has 39 heavy (non-hydrogen) atoms. The molecule has 0 saturated carbocycles. The summed E-state index contributed by atoms with van der Waals surface area (Å²) in [5, 5.41) is 9.60. The normalized spacial score (nSPS) is 13.0. The van der Waals surface area contributed by atoms with Gasteiger partial charge in [-0.05, 0) is 27.2 Å². The minimum absolute atomic E-state index is 0.0461. The number of ether oxygens (including phenoxy) is 4. The molecule has 4 N–H and O–H groups in total. The van der Waals surface area contributed by atoms with Gasteiger partial charge in [0.15, 0.2) is 0 Å². The Bertz CT molecular complexity index is 892. The van der Waals surface area contributed by atoms with E-state index < -0.39 is 72.0 Å². The van der Waals surface area contributed by atoms with Crippen LogP contribution in [0.3, 0.4) is 0 Å². The molecule has 15 nitrogen and oxygen atoms in total. The second-order valence-corrected chi connectivity index (χ2v) is 10.1. The van der Waals surface area contributed by atoms with Crippen molar-refractivity contribution in [3.05, 3.63) is 0 Å². The van der Waals surface area contributed by atoms with Crippen LogP contribution in [0.4, 0.5) is 4.79 Å². The van der Waals surface area contributed by atoms with Gasteiger partial charge in [0.1, 0.15) is 30.3 Å². The number of carbonyl (C=O) groups excluding carboxylic acids is 7. The Morgan fingerprint density at radius 2 is 1.33 bits per heavy atom. The summed E-state index contributed by atoms with van der Waals surface area (Å²) >= 11 is 1.03. The molecule has 0 saturated heterocycles. The zero-order valence-corrected chi connectivity index (χ0v) is 24.0. The molecule has 0 rings (SSSR count). The average molecular weight is 579 g/mol. The van der Waals surface area contributed by atoms with Gasteiger partial charge in [-0.25, -0.2) is 14.4 Å². The Labute approximate surface area is 231 Å². The van der Waals surface area contributed by atoms with Gasteiger partial charge in [0, 0.05) is 24.9 Å². The lowest BCUT2D eigenvalue weighted by molar-refractivity contribution is -0.145. The molecule has 0 aliphatic rings. The molecule has 0 aromatic carbocycles. The molecule has 0 heterocycles. The number of nitrogens with one attached hydrogen (secondary N) is 4. The smallest absolute Gasteiger partial charge is 0.408 e. The largest absolute Gasteiger partial charge is 0.468 e. The highest BCUT2D eigenvalue weighted by Gasteiger charge is 2.28. The first-order chi connectivity index (χ1) is 18.1. The van der Waals surface area contributed by atoms with Gasteiger partial charge in [0.25, 0.3) is 0 Å². The van der Waals surface area contributed by atoms with Crippen molar-refractivity contribution in [1.29, 1.82) is 0 Å². The molecule has 0 unspecified atom stereocenters. The first kappa shape index (κ1) is 35.4. The van der Waals surface area contributed by atoms with Crippen molar-refractivity contribution in [2.75, 3.05) is 39.4 Å². The van der Waals surface area contributed by atoms with E-state index in [0.29, 0.717) is 0 Å². The molecule has 0 aromatic heterocycles. The van der Waals surface area contributed by atoms with Gasteiger partial charge in [-0.1, -0.05) is 0 Å². The number of hydrogen-bond acceptors (Lipinski definition) is 12. The van der Waals surface area contributed by atoms with Crippen LogP contribution in [-0.2, 0) is 47.7 Å². The second kappa shape index (κ2) is 17.9. The Morgan fingerprint density at radius 1 is 0.769 bits per heavy atom. The van der Waals surface area contributed by atoms with Crippen molar-refractivity contribution >= 4 is 53.5 Å². The number of alkyl carbamates (subject to hydrolysis) is 1. The summed E-state index contributed by atoms with van der Waals surface area (Å²) in [5.74, 6) is -4.19. The minimum Gasteiger partial charge on any atom is -0.468 e. The number of rotatable bonds is 15. The zero-order chi connectivity index (χ0) is 30.2. The molecule has 16 heteroatoms. The van der Waals surface area contributed by atoms with Crippen molar-refractivity contribution in [3.8, 4) is 0 Å². The maximum Gasteiger partial charge on any atom is 0.408 e. The molecule has 0 bridgehead atoms. The highest BCUT2D eigenvalue weighted by Crippen LogP contribution is 2.11. The Hall–Kier alpha value is -3.56. The lowest BCUT2D eigenvalue weighted by Crippen LogP contribution is -2.50. The summed E-state index contributed by atoms with van der Waals surface area (Å²) in [6.45, 7) is 5.70. The van der Waals surface area contributed by atoms with E-state index in [0.717, 1.165) is 33.1 Å². The fourth-order valence-electron chi connectivity index (χ4n) is 2.78. The van der Waals surface area contributed by atoms with E-state index in [4.69, 9.17) is 9.47 Å². The van der Waals surface area contributed by atoms with Gasteiger partial charge in [0.2, 0.25) is 17.7 Å². The summed E-state index contributed by atoms with van der Waals surface area (Å²) < 4.78 is 19.0. The Balaban J connectivity index is 5.35. The van der Waals surface area contributed by atoms with Crippen molar-refractivity contribution < 1.29 is 52.5 Å². The van der Waals surface area contributed by atoms with Crippen LogP contribution in [0.2, 0.25) is 0 Å². The lowest BCUT2D eigenvalue weighted by atomic mass is 10.1. The van der Waals surface area contributed by atoms with Gasteiger partial charge in [0.05, 0.1) is 21.3 Å². The molecule has 4 amide bonds. The molecular formula is C23H38N4O11S. The predicted octanol–water partition coefficient (Wildman–Crippen LogP) is -0.982. The fraction of sp³-hybridized carbons (Fsp3) is 0.696. The first-order valence-electron chi connectivity index (χ1n) is 11.8. The molecule has 0 aliphatic heterocycles. The minimum atomic E-state index is -1.18. The molecule has 0 fully saturated rings. The third-order valence-corrected chi connectivity index (χ3v) is 5.69. The Morgan fingerprint density at radius 3 is 1.85 bits per heavy atom. The van der Waals surface area contributed by atoms with E-state index in [1.807, 2.05) is 0 Å². The van der Waals surface area contributed by atoms with E-state index in [-0.39, 0.29) is 24.3 Å². The standard InChI is InChI=1S/C23H38N4O11S/c1-13(28)25-14(20(32)36-6)8-9-17(29)26-15(19(31)24-10-18(30)35-5)11-39-12-16(21(33)37-7)27-22(34)38-23(2,3)4/h14-16H,8-12H2,1-7H3,(H,24,31)(H,25,28)(H,26,29)(H,27,34)/t14-,15-,16+/m1/s1. The quantitative estimate of drug-likeness (QED) is 0.137. The first-order valence-corrected chi connectivity index (χ1v) is 12.9. The number of carbonyl (C=O) groups is 7. The van der Waals surface area contributed by atoms with Crippen molar-refractivity contribution in [1.82, 2.24) is 21.3 Å². The molecule has 222 valence electrons. The average Bonchev–Trinajstić information content (AvgIpc) is 2.85. The molecular weight excluding hydrogens is 540 g/mol. The van der Waals surface area contributed by atoms with Crippen LogP contribution >= 0.6 is 11.8 Å². The topological polar surface area (TPSA) is 205 Å². The van der Waals surface area contributed by atoms with E-state index in [1.165, 1.54) is 6.92 Å². The predicted molar refractivity (Wildman–Crippen MR) is 138 cm³/mol. The zero-order valence-electron chi connectivity index (χ0n) is 23.2. The third kappa shape index (κ3) is 16.1. The van der Waals surface area contributed by atoms with Crippen LogP contribution in [-0.4, -0.2) is 105 Å². The van der Waals surface area contributed by atoms with Gasteiger partial charge in [-0.2, -0.15) is 11.8 Å². The molecule has 3 atom stereocenters. The summed E-state index contributed by atoms with van der Waals surface area (Å²) in [4.78, 5) is 84.1. The third-order valence-electron chi connectivity index (χ3n) is 4.56. The second-order valence-electron chi connectivity index (χ2n) is 8.99. The van der Waals surface area contributed by atoms with E-state index >= 15 is 0 Å². The number of methoxy groups -OCH3 is 3. The molecule has 0 aliphatic carbocycles. The van der Waals surface area contributed by atoms with Crippen molar-refractivity contribution in [2.24, 2.45) is 0 Å². The maximum absolute atomic E-state index is 12.7. The summed E-state index contributed by atoms with van der Waals surface area (Å²) in [6, 6.07) is -3.37. The molecule has 0 spiro atoms. The van der Waals surface area contributed by atoms with Gasteiger partial charge in [-0.15, -0.1) is 0 Å². The van der Waals surface area contributed by atoms with Gasteiger partial charge >= 0.3 is 24.0 Å². The van der Waals surface area contributed by atoms with Crippen molar-refractivity contribution in [3.63, 3.8) is 0 Å². The number of amides is 4. The van der Waals surface area contributed by atoms with Gasteiger partial charge in [-0.3, -0.25) is 19.2 Å². The van der Waals surface area contributed by atoms with Crippen LogP contribution in [0, 0.1) is 0 Å². The molecule has 0 radical (unpaired) electrons. The summed E-state index contributed by atoms with van der Waals surface area (Å²) in [7, 11) is 3.42. The number of thioether (sulfide) groups is 1. The Kier molecular flexibility index (Phi) is 16.2. The molecule has 0 aromatic rings. The van der Waals surface area contributed by atoms with E-state index in [9.17, 15) is 33.6 Å². The van der Waals surface area contributed by atoms with Crippen LogP contribution in [0.1, 0.15) is 40.5 Å². The van der Waals surface area contributed by atoms with Crippen molar-refractivity contribution in [2.45, 2.75) is 64.3 Å². The summed E-state index contributed by atoms with van der Waals surface area (Å²) in [5.41, 5.74) is -0.808. The highest BCUT2D eigenvalue weighted by molar-refractivity contribution is 7.99. The maximum atomic E-state index is 12.7. The van der Waals surface area contributed by atoms with Crippen LogP contribution in [0.15, 0.2) is 0 Å². The number of hydrogen-bond donors (Lipinski definition) is 4. The monoisotopic (exact) mass is 578 g/mol. The number of esters is 3.